The number of methoxy groups -OCH3 is 1. The van der Waals surface area contributed by atoms with Crippen molar-refractivity contribution in [2.45, 2.75) is 19.4 Å². The Morgan fingerprint density at radius 1 is 1.36 bits per heavy atom. The van der Waals surface area contributed by atoms with Crippen LogP contribution in [0, 0.1) is 0 Å². The van der Waals surface area contributed by atoms with Gasteiger partial charge in [-0.05, 0) is 25.5 Å². The van der Waals surface area contributed by atoms with Crippen LogP contribution in [0.5, 0.6) is 0 Å². The van der Waals surface area contributed by atoms with Crippen molar-refractivity contribution in [1.29, 1.82) is 0 Å². The van der Waals surface area contributed by atoms with Crippen LogP contribution < -0.4 is 5.73 Å². The van der Waals surface area contributed by atoms with Gasteiger partial charge in [0.15, 0.2) is 0 Å². The van der Waals surface area contributed by atoms with E-state index in [1.807, 2.05) is 26.0 Å². The topological polar surface area (TPSA) is 52.3 Å². The Bertz CT molecular complexity index is 339. The van der Waals surface area contributed by atoms with Crippen molar-refractivity contribution < 1.29 is 9.53 Å². The van der Waals surface area contributed by atoms with Crippen LogP contribution in [0.25, 0.3) is 0 Å². The molecule has 2 N–H and O–H groups in total. The molecule has 0 unspecified atom stereocenters. The molecule has 0 fully saturated rings. The maximum Gasteiger partial charge on any atom is 0.338 e. The second-order valence-corrected chi connectivity index (χ2v) is 3.76. The fourth-order valence-electron chi connectivity index (χ4n) is 1.33. The minimum atomic E-state index is -0.537. The van der Waals surface area contributed by atoms with E-state index in [0.717, 1.165) is 5.56 Å². The van der Waals surface area contributed by atoms with Crippen molar-refractivity contribution in [3.63, 3.8) is 0 Å². The summed E-state index contributed by atoms with van der Waals surface area (Å²) in [5.74, 6) is -0.348. The van der Waals surface area contributed by atoms with Gasteiger partial charge in [-0.2, -0.15) is 0 Å². The minimum Gasteiger partial charge on any atom is -0.465 e. The smallest absolute Gasteiger partial charge is 0.338 e. The number of rotatable bonds is 2. The summed E-state index contributed by atoms with van der Waals surface area (Å²) in [6.45, 7) is 3.71. The molecule has 0 atom stereocenters. The van der Waals surface area contributed by atoms with Gasteiger partial charge in [-0.3, -0.25) is 0 Å². The average Bonchev–Trinajstić information content (AvgIpc) is 2.15. The molecule has 0 heterocycles. The molecule has 0 bridgehead atoms. The monoisotopic (exact) mass is 193 g/mol. The van der Waals surface area contributed by atoms with Crippen molar-refractivity contribution in [2.24, 2.45) is 5.73 Å². The molecule has 0 amide bonds. The van der Waals surface area contributed by atoms with Crippen molar-refractivity contribution in [2.75, 3.05) is 7.11 Å². The van der Waals surface area contributed by atoms with E-state index in [-0.39, 0.29) is 5.97 Å². The van der Waals surface area contributed by atoms with Gasteiger partial charge in [0.2, 0.25) is 0 Å². The maximum atomic E-state index is 11.4. The molecule has 1 aromatic carbocycles. The molecule has 1 rings (SSSR count). The lowest BCUT2D eigenvalue weighted by Crippen LogP contribution is -2.31. The summed E-state index contributed by atoms with van der Waals surface area (Å²) in [6, 6.07) is 7.21. The van der Waals surface area contributed by atoms with Gasteiger partial charge in [0.05, 0.1) is 12.7 Å². The van der Waals surface area contributed by atoms with Crippen LogP contribution in [0.4, 0.5) is 0 Å². The van der Waals surface area contributed by atoms with Gasteiger partial charge in [-0.1, -0.05) is 18.2 Å². The van der Waals surface area contributed by atoms with Crippen LogP contribution in [0.15, 0.2) is 24.3 Å². The highest BCUT2D eigenvalue weighted by atomic mass is 16.5. The predicted molar refractivity (Wildman–Crippen MR) is 55.0 cm³/mol. The Kier molecular flexibility index (Phi) is 2.91. The van der Waals surface area contributed by atoms with E-state index in [4.69, 9.17) is 5.73 Å². The molecule has 76 valence electrons. The fraction of sp³-hybridized carbons (Fsp3) is 0.364. The summed E-state index contributed by atoms with van der Waals surface area (Å²) in [5, 5.41) is 0. The number of benzene rings is 1. The van der Waals surface area contributed by atoms with Crippen molar-refractivity contribution in [3.05, 3.63) is 35.4 Å². The Morgan fingerprint density at radius 2 is 1.93 bits per heavy atom. The highest BCUT2D eigenvalue weighted by Gasteiger charge is 2.21. The number of carbonyl (C=O) groups excluding carboxylic acids is 1. The summed E-state index contributed by atoms with van der Waals surface area (Å²) in [5.41, 5.74) is 6.73. The van der Waals surface area contributed by atoms with E-state index < -0.39 is 5.54 Å². The summed E-state index contributed by atoms with van der Waals surface area (Å²) in [7, 11) is 1.36. The zero-order valence-electron chi connectivity index (χ0n) is 8.70. The third-order valence-corrected chi connectivity index (χ3v) is 2.03. The highest BCUT2D eigenvalue weighted by Crippen LogP contribution is 2.21. The lowest BCUT2D eigenvalue weighted by Gasteiger charge is -2.21. The molecule has 14 heavy (non-hydrogen) atoms. The number of nitrogens with two attached hydrogens (primary N) is 1. The van der Waals surface area contributed by atoms with Crippen LogP contribution in [0.1, 0.15) is 29.8 Å². The lowest BCUT2D eigenvalue weighted by molar-refractivity contribution is 0.0598. The van der Waals surface area contributed by atoms with Gasteiger partial charge < -0.3 is 10.5 Å². The zero-order valence-corrected chi connectivity index (χ0v) is 8.70. The Balaban J connectivity index is 3.23. The normalized spacial score (nSPS) is 11.1. The standard InChI is InChI=1S/C11H15NO2/c1-11(2,12)9-7-5-4-6-8(9)10(13)14-3/h4-7H,12H2,1-3H3. The van der Waals surface area contributed by atoms with Gasteiger partial charge in [0, 0.05) is 5.54 Å². The summed E-state index contributed by atoms with van der Waals surface area (Å²) in [6.07, 6.45) is 0. The lowest BCUT2D eigenvalue weighted by atomic mass is 9.91. The zero-order chi connectivity index (χ0) is 10.8. The van der Waals surface area contributed by atoms with E-state index in [2.05, 4.69) is 4.74 Å². The molecule has 3 heteroatoms. The molecular weight excluding hydrogens is 178 g/mol. The Labute approximate surface area is 83.9 Å². The first-order valence-electron chi connectivity index (χ1n) is 4.43. The molecule has 0 radical (unpaired) electrons. The average molecular weight is 193 g/mol. The molecule has 0 aliphatic heterocycles. The number of hydrogen-bond acceptors (Lipinski definition) is 3. The molecule has 3 nitrogen and oxygen atoms in total. The highest BCUT2D eigenvalue weighted by molar-refractivity contribution is 5.91. The number of esters is 1. The molecule has 0 aliphatic rings. The van der Waals surface area contributed by atoms with Crippen LogP contribution >= 0.6 is 0 Å². The van der Waals surface area contributed by atoms with Crippen LogP contribution in [-0.2, 0) is 10.3 Å². The van der Waals surface area contributed by atoms with E-state index in [9.17, 15) is 4.79 Å². The first-order valence-corrected chi connectivity index (χ1v) is 4.43. The van der Waals surface area contributed by atoms with Crippen LogP contribution in [0.3, 0.4) is 0 Å². The summed E-state index contributed by atoms with van der Waals surface area (Å²) in [4.78, 5) is 11.4. The van der Waals surface area contributed by atoms with Crippen LogP contribution in [0.2, 0.25) is 0 Å². The number of ether oxygens (including phenoxy) is 1. The van der Waals surface area contributed by atoms with E-state index >= 15 is 0 Å². The Hall–Kier alpha value is -1.35. The van der Waals surface area contributed by atoms with Crippen molar-refractivity contribution >= 4 is 5.97 Å². The van der Waals surface area contributed by atoms with E-state index in [0.29, 0.717) is 5.56 Å². The second kappa shape index (κ2) is 3.80. The van der Waals surface area contributed by atoms with Crippen molar-refractivity contribution in [1.82, 2.24) is 0 Å². The molecule has 0 aromatic heterocycles. The summed E-state index contributed by atoms with van der Waals surface area (Å²) >= 11 is 0. The minimum absolute atomic E-state index is 0.348. The summed E-state index contributed by atoms with van der Waals surface area (Å²) < 4.78 is 4.68. The SMILES string of the molecule is COC(=O)c1ccccc1C(C)(C)N. The predicted octanol–water partition coefficient (Wildman–Crippen LogP) is 1.67. The Morgan fingerprint density at radius 3 is 2.43 bits per heavy atom. The molecule has 0 saturated carbocycles. The van der Waals surface area contributed by atoms with Gasteiger partial charge >= 0.3 is 5.97 Å². The maximum absolute atomic E-state index is 11.4. The number of hydrogen-bond donors (Lipinski definition) is 1. The fourth-order valence-corrected chi connectivity index (χ4v) is 1.33. The molecular formula is C11H15NO2. The van der Waals surface area contributed by atoms with E-state index in [1.54, 1.807) is 12.1 Å². The largest absolute Gasteiger partial charge is 0.465 e. The third kappa shape index (κ3) is 2.12. The van der Waals surface area contributed by atoms with Crippen molar-refractivity contribution in [3.8, 4) is 0 Å². The van der Waals surface area contributed by atoms with Gasteiger partial charge in [0.1, 0.15) is 0 Å². The quantitative estimate of drug-likeness (QED) is 0.727. The van der Waals surface area contributed by atoms with E-state index in [1.165, 1.54) is 7.11 Å². The second-order valence-electron chi connectivity index (χ2n) is 3.76. The molecule has 0 saturated heterocycles. The molecule has 0 aliphatic carbocycles. The van der Waals surface area contributed by atoms with Gasteiger partial charge in [-0.15, -0.1) is 0 Å². The first kappa shape index (κ1) is 10.7. The third-order valence-electron chi connectivity index (χ3n) is 2.03. The van der Waals surface area contributed by atoms with Gasteiger partial charge in [-0.25, -0.2) is 4.79 Å². The molecule has 1 aromatic rings. The molecule has 0 spiro atoms. The first-order chi connectivity index (χ1) is 6.46. The van der Waals surface area contributed by atoms with Gasteiger partial charge in [0.25, 0.3) is 0 Å². The number of carbonyl (C=O) groups is 1. The van der Waals surface area contributed by atoms with Crippen LogP contribution in [-0.4, -0.2) is 13.1 Å².